The molecule has 0 atom stereocenters. The molecule has 7 heteroatoms. The number of amides is 1. The smallest absolute Gasteiger partial charge is 0.356 e. The number of carboxylic acids is 1. The van der Waals surface area contributed by atoms with Gasteiger partial charge in [-0.2, -0.15) is 0 Å². The van der Waals surface area contributed by atoms with E-state index in [0.717, 1.165) is 25.7 Å². The Hall–Kier alpha value is -2.18. The number of primary amides is 1. The van der Waals surface area contributed by atoms with Crippen LogP contribution in [0.1, 0.15) is 36.2 Å². The van der Waals surface area contributed by atoms with Crippen LogP contribution in [0.4, 0.5) is 5.82 Å². The molecule has 7 nitrogen and oxygen atoms in total. The zero-order valence-corrected chi connectivity index (χ0v) is 10.5. The summed E-state index contributed by atoms with van der Waals surface area (Å²) in [5.41, 5.74) is 5.14. The van der Waals surface area contributed by atoms with Gasteiger partial charge in [0.05, 0.1) is 6.54 Å². The van der Waals surface area contributed by atoms with Crippen molar-refractivity contribution in [2.24, 2.45) is 5.73 Å². The lowest BCUT2D eigenvalue weighted by molar-refractivity contribution is -0.116. The highest BCUT2D eigenvalue weighted by atomic mass is 16.4. The lowest BCUT2D eigenvalue weighted by Gasteiger charge is -2.28. The fourth-order valence-corrected chi connectivity index (χ4v) is 2.37. The number of carbonyl (C=O) groups is 2. The average molecular weight is 264 g/mol. The number of anilines is 1. The molecule has 1 heterocycles. The number of hydrogen-bond acceptors (Lipinski definition) is 5. The fraction of sp³-hybridized carbons (Fsp3) is 0.500. The van der Waals surface area contributed by atoms with Gasteiger partial charge in [0.1, 0.15) is 0 Å². The lowest BCUT2D eigenvalue weighted by Crippen LogP contribution is -2.40. The predicted molar refractivity (Wildman–Crippen MR) is 67.8 cm³/mol. The number of aromatic carboxylic acids is 1. The van der Waals surface area contributed by atoms with Crippen molar-refractivity contribution in [3.8, 4) is 0 Å². The van der Waals surface area contributed by atoms with Crippen LogP contribution in [-0.2, 0) is 4.79 Å². The van der Waals surface area contributed by atoms with Gasteiger partial charge in [-0.1, -0.05) is 12.8 Å². The van der Waals surface area contributed by atoms with E-state index in [0.29, 0.717) is 5.82 Å². The number of nitrogens with two attached hydrogens (primary N) is 1. The van der Waals surface area contributed by atoms with Crippen molar-refractivity contribution >= 4 is 17.7 Å². The van der Waals surface area contributed by atoms with Gasteiger partial charge in [0.25, 0.3) is 0 Å². The van der Waals surface area contributed by atoms with E-state index in [1.54, 1.807) is 6.07 Å². The van der Waals surface area contributed by atoms with Crippen LogP contribution in [0, 0.1) is 0 Å². The highest BCUT2D eigenvalue weighted by Gasteiger charge is 2.25. The molecule has 0 aromatic carbocycles. The van der Waals surface area contributed by atoms with Gasteiger partial charge in [-0.15, -0.1) is 10.2 Å². The standard InChI is InChI=1S/C12H16N4O3/c13-10(17)7-16(8-3-1-2-4-8)11-6-5-9(12(18)19)14-15-11/h5-6,8H,1-4,7H2,(H2,13,17)(H,18,19). The maximum Gasteiger partial charge on any atom is 0.356 e. The lowest BCUT2D eigenvalue weighted by atomic mass is 10.2. The van der Waals surface area contributed by atoms with Gasteiger partial charge in [0.15, 0.2) is 11.5 Å². The first-order chi connectivity index (χ1) is 9.08. The van der Waals surface area contributed by atoms with Crippen molar-refractivity contribution < 1.29 is 14.7 Å². The molecule has 2 rings (SSSR count). The predicted octanol–water partition coefficient (Wildman–Crippen LogP) is 0.409. The van der Waals surface area contributed by atoms with E-state index < -0.39 is 11.9 Å². The van der Waals surface area contributed by atoms with Gasteiger partial charge >= 0.3 is 5.97 Å². The number of hydrogen-bond donors (Lipinski definition) is 2. The van der Waals surface area contributed by atoms with Crippen LogP contribution in [0.5, 0.6) is 0 Å². The molecule has 1 saturated carbocycles. The summed E-state index contributed by atoms with van der Waals surface area (Å²) in [5, 5.41) is 16.3. The molecule has 0 saturated heterocycles. The van der Waals surface area contributed by atoms with E-state index >= 15 is 0 Å². The fourth-order valence-electron chi connectivity index (χ4n) is 2.37. The second kappa shape index (κ2) is 5.64. The van der Waals surface area contributed by atoms with Crippen molar-refractivity contribution in [1.82, 2.24) is 10.2 Å². The number of carbonyl (C=O) groups excluding carboxylic acids is 1. The van der Waals surface area contributed by atoms with E-state index in [-0.39, 0.29) is 18.3 Å². The second-order valence-corrected chi connectivity index (χ2v) is 4.61. The Morgan fingerprint density at radius 2 is 2.00 bits per heavy atom. The number of carboxylic acid groups (broad SMARTS) is 1. The largest absolute Gasteiger partial charge is 0.476 e. The summed E-state index contributed by atoms with van der Waals surface area (Å²) >= 11 is 0. The molecule has 102 valence electrons. The first-order valence-electron chi connectivity index (χ1n) is 6.20. The topological polar surface area (TPSA) is 109 Å². The van der Waals surface area contributed by atoms with E-state index in [4.69, 9.17) is 10.8 Å². The molecule has 1 aromatic rings. The minimum Gasteiger partial charge on any atom is -0.476 e. The van der Waals surface area contributed by atoms with E-state index in [1.165, 1.54) is 6.07 Å². The monoisotopic (exact) mass is 264 g/mol. The molecular formula is C12H16N4O3. The van der Waals surface area contributed by atoms with Crippen molar-refractivity contribution in [2.45, 2.75) is 31.7 Å². The van der Waals surface area contributed by atoms with Gasteiger partial charge in [0, 0.05) is 6.04 Å². The molecule has 1 aliphatic rings. The first-order valence-corrected chi connectivity index (χ1v) is 6.20. The zero-order chi connectivity index (χ0) is 13.8. The van der Waals surface area contributed by atoms with E-state index in [2.05, 4.69) is 10.2 Å². The Balaban J connectivity index is 2.21. The number of aromatic nitrogens is 2. The molecule has 1 aliphatic carbocycles. The summed E-state index contributed by atoms with van der Waals surface area (Å²) in [6.07, 6.45) is 4.19. The molecular weight excluding hydrogens is 248 g/mol. The Bertz CT molecular complexity index is 468. The molecule has 1 aromatic heterocycles. The van der Waals surface area contributed by atoms with Crippen LogP contribution < -0.4 is 10.6 Å². The van der Waals surface area contributed by atoms with Gasteiger partial charge in [-0.3, -0.25) is 4.79 Å². The van der Waals surface area contributed by atoms with Gasteiger partial charge < -0.3 is 15.7 Å². The van der Waals surface area contributed by atoms with Crippen LogP contribution in [0.25, 0.3) is 0 Å². The molecule has 0 spiro atoms. The van der Waals surface area contributed by atoms with Crippen LogP contribution >= 0.6 is 0 Å². The zero-order valence-electron chi connectivity index (χ0n) is 10.5. The normalized spacial score (nSPS) is 15.4. The summed E-state index contributed by atoms with van der Waals surface area (Å²) in [5.74, 6) is -1.06. The third kappa shape index (κ3) is 3.18. The summed E-state index contributed by atoms with van der Waals surface area (Å²) < 4.78 is 0. The van der Waals surface area contributed by atoms with E-state index in [9.17, 15) is 9.59 Å². The maximum atomic E-state index is 11.2. The third-order valence-electron chi connectivity index (χ3n) is 3.26. The molecule has 1 fully saturated rings. The average Bonchev–Trinajstić information content (AvgIpc) is 2.89. The molecule has 0 bridgehead atoms. The van der Waals surface area contributed by atoms with Gasteiger partial charge in [-0.25, -0.2) is 4.79 Å². The number of rotatable bonds is 5. The third-order valence-corrected chi connectivity index (χ3v) is 3.26. The van der Waals surface area contributed by atoms with E-state index in [1.807, 2.05) is 4.90 Å². The molecule has 0 unspecified atom stereocenters. The van der Waals surface area contributed by atoms with Crippen LogP contribution in [-0.4, -0.2) is 39.8 Å². The SMILES string of the molecule is NC(=O)CN(c1ccc(C(=O)O)nn1)C1CCCC1. The van der Waals surface area contributed by atoms with Crippen LogP contribution in [0.2, 0.25) is 0 Å². The first kappa shape index (κ1) is 13.3. The Labute approximate surface area is 110 Å². The molecule has 3 N–H and O–H groups in total. The minimum absolute atomic E-state index is 0.0752. The van der Waals surface area contributed by atoms with Crippen molar-refractivity contribution in [3.05, 3.63) is 17.8 Å². The van der Waals surface area contributed by atoms with Gasteiger partial charge in [-0.05, 0) is 25.0 Å². The quantitative estimate of drug-likeness (QED) is 0.797. The Morgan fingerprint density at radius 1 is 1.32 bits per heavy atom. The molecule has 0 aliphatic heterocycles. The summed E-state index contributed by atoms with van der Waals surface area (Å²) in [7, 11) is 0. The summed E-state index contributed by atoms with van der Waals surface area (Å²) in [6.45, 7) is 0.0752. The highest BCUT2D eigenvalue weighted by molar-refractivity contribution is 5.85. The Kier molecular flexibility index (Phi) is 3.94. The number of nitrogens with zero attached hydrogens (tertiary/aromatic N) is 3. The summed E-state index contributed by atoms with van der Waals surface area (Å²) in [6, 6.07) is 3.17. The molecule has 19 heavy (non-hydrogen) atoms. The summed E-state index contributed by atoms with van der Waals surface area (Å²) in [4.78, 5) is 23.7. The van der Waals surface area contributed by atoms with Crippen molar-refractivity contribution in [3.63, 3.8) is 0 Å². The molecule has 0 radical (unpaired) electrons. The highest BCUT2D eigenvalue weighted by Crippen LogP contribution is 2.26. The maximum absolute atomic E-state index is 11.2. The minimum atomic E-state index is -1.12. The van der Waals surface area contributed by atoms with Crippen molar-refractivity contribution in [1.29, 1.82) is 0 Å². The molecule has 1 amide bonds. The van der Waals surface area contributed by atoms with Crippen LogP contribution in [0.15, 0.2) is 12.1 Å². The van der Waals surface area contributed by atoms with Gasteiger partial charge in [0.2, 0.25) is 5.91 Å². The van der Waals surface area contributed by atoms with Crippen molar-refractivity contribution in [2.75, 3.05) is 11.4 Å². The Morgan fingerprint density at radius 3 is 2.47 bits per heavy atom. The second-order valence-electron chi connectivity index (χ2n) is 4.61. The van der Waals surface area contributed by atoms with Crippen LogP contribution in [0.3, 0.4) is 0 Å².